The summed E-state index contributed by atoms with van der Waals surface area (Å²) in [7, 11) is 0. The maximum atomic E-state index is 12.8. The van der Waals surface area contributed by atoms with E-state index in [-0.39, 0.29) is 24.1 Å². The van der Waals surface area contributed by atoms with Crippen LogP contribution in [0, 0.1) is 13.8 Å². The molecule has 3 amide bonds. The number of fused-ring (bicyclic) bond motifs is 1. The second-order valence-electron chi connectivity index (χ2n) is 7.71. The van der Waals surface area contributed by atoms with Crippen LogP contribution < -0.4 is 15.4 Å². The number of hydrogen-bond acceptors (Lipinski definition) is 6. The van der Waals surface area contributed by atoms with Crippen molar-refractivity contribution in [3.8, 4) is 5.75 Å². The number of benzene rings is 1. The molecule has 1 fully saturated rings. The Morgan fingerprint density at radius 1 is 1.30 bits per heavy atom. The van der Waals surface area contributed by atoms with Crippen LogP contribution in [0.2, 0.25) is 0 Å². The first-order valence-corrected chi connectivity index (χ1v) is 10.7. The highest BCUT2D eigenvalue weighted by atomic mass is 32.1. The van der Waals surface area contributed by atoms with Gasteiger partial charge in [0.15, 0.2) is 10.9 Å². The molecule has 2 aliphatic heterocycles. The third-order valence-corrected chi connectivity index (χ3v) is 6.69. The molecule has 2 unspecified atom stereocenters. The molecule has 1 aromatic carbocycles. The summed E-state index contributed by atoms with van der Waals surface area (Å²) in [6, 6.07) is 6.40. The van der Waals surface area contributed by atoms with Crippen LogP contribution in [0.3, 0.4) is 0 Å². The lowest BCUT2D eigenvalue weighted by Gasteiger charge is -2.38. The molecule has 2 N–H and O–H groups in total. The van der Waals surface area contributed by atoms with Gasteiger partial charge in [-0.1, -0.05) is 12.1 Å². The van der Waals surface area contributed by atoms with E-state index < -0.39 is 11.8 Å². The number of rotatable bonds is 3. The minimum absolute atomic E-state index is 0.141. The van der Waals surface area contributed by atoms with Gasteiger partial charge in [-0.15, -0.1) is 11.3 Å². The zero-order chi connectivity index (χ0) is 21.5. The summed E-state index contributed by atoms with van der Waals surface area (Å²) in [6.45, 7) is 5.83. The molecular weight excluding hydrogens is 404 g/mol. The Bertz CT molecular complexity index is 1000. The normalized spacial score (nSPS) is 22.0. The minimum Gasteiger partial charge on any atom is -0.467 e. The fourth-order valence-corrected chi connectivity index (χ4v) is 4.59. The number of para-hydroxylation sites is 1. The van der Waals surface area contributed by atoms with Crippen molar-refractivity contribution in [1.29, 1.82) is 0 Å². The van der Waals surface area contributed by atoms with Crippen molar-refractivity contribution in [1.82, 2.24) is 15.2 Å². The van der Waals surface area contributed by atoms with Gasteiger partial charge < -0.3 is 20.3 Å². The second-order valence-corrected chi connectivity index (χ2v) is 8.91. The molecule has 9 heteroatoms. The summed E-state index contributed by atoms with van der Waals surface area (Å²) in [5.41, 5.74) is 0.411. The Morgan fingerprint density at radius 3 is 2.80 bits per heavy atom. The number of ether oxygens (including phenoxy) is 1. The summed E-state index contributed by atoms with van der Waals surface area (Å²) in [4.78, 5) is 45.0. The Hall–Kier alpha value is -2.94. The average Bonchev–Trinajstić information content (AvgIpc) is 2.94. The number of nitrogens with one attached hydrogen (secondary N) is 2. The quantitative estimate of drug-likeness (QED) is 0.783. The molecule has 0 saturated carbocycles. The van der Waals surface area contributed by atoms with Gasteiger partial charge in [-0.2, -0.15) is 0 Å². The minimum atomic E-state index is -0.949. The Labute approximate surface area is 178 Å². The zero-order valence-corrected chi connectivity index (χ0v) is 18.0. The monoisotopic (exact) mass is 428 g/mol. The van der Waals surface area contributed by atoms with Crippen LogP contribution in [-0.2, 0) is 9.59 Å². The lowest BCUT2D eigenvalue weighted by Crippen LogP contribution is -2.56. The van der Waals surface area contributed by atoms with Gasteiger partial charge in [0.1, 0.15) is 11.8 Å². The molecule has 158 valence electrons. The molecule has 3 heterocycles. The summed E-state index contributed by atoms with van der Waals surface area (Å²) in [5.74, 6) is -0.120. The van der Waals surface area contributed by atoms with Gasteiger partial charge in [0.05, 0.1) is 11.3 Å². The summed E-state index contributed by atoms with van der Waals surface area (Å²) in [5, 5.41) is 6.27. The Balaban J connectivity index is 1.47. The molecule has 8 nitrogen and oxygen atoms in total. The molecule has 1 aromatic heterocycles. The number of aryl methyl sites for hydroxylation is 2. The van der Waals surface area contributed by atoms with E-state index in [1.807, 2.05) is 19.9 Å². The van der Waals surface area contributed by atoms with Crippen LogP contribution >= 0.6 is 11.3 Å². The van der Waals surface area contributed by atoms with Gasteiger partial charge in [-0.3, -0.25) is 14.4 Å². The third kappa shape index (κ3) is 3.77. The van der Waals surface area contributed by atoms with E-state index in [9.17, 15) is 14.4 Å². The van der Waals surface area contributed by atoms with Crippen molar-refractivity contribution in [3.63, 3.8) is 0 Å². The molecule has 0 bridgehead atoms. The SMILES string of the molecule is Cc1nc(NC(=O)C(C)N2CCC3(CCC2=O)NC(=O)c2ccccc2O3)sc1C. The zero-order valence-electron chi connectivity index (χ0n) is 17.2. The van der Waals surface area contributed by atoms with E-state index in [1.165, 1.54) is 11.3 Å². The molecule has 2 atom stereocenters. The number of thiazole rings is 1. The van der Waals surface area contributed by atoms with E-state index >= 15 is 0 Å². The summed E-state index contributed by atoms with van der Waals surface area (Å²) >= 11 is 1.41. The summed E-state index contributed by atoms with van der Waals surface area (Å²) < 4.78 is 6.14. The van der Waals surface area contributed by atoms with Crippen molar-refractivity contribution in [2.75, 3.05) is 11.9 Å². The molecule has 1 saturated heterocycles. The first-order valence-electron chi connectivity index (χ1n) is 9.93. The highest BCUT2D eigenvalue weighted by Gasteiger charge is 2.43. The molecular formula is C21H24N4O4S. The lowest BCUT2D eigenvalue weighted by atomic mass is 10.0. The van der Waals surface area contributed by atoms with Crippen molar-refractivity contribution in [2.45, 2.75) is 51.8 Å². The van der Waals surface area contributed by atoms with Crippen LogP contribution in [0.25, 0.3) is 0 Å². The van der Waals surface area contributed by atoms with E-state index in [0.717, 1.165) is 10.6 Å². The van der Waals surface area contributed by atoms with E-state index in [4.69, 9.17) is 4.74 Å². The van der Waals surface area contributed by atoms with Crippen LogP contribution in [0.1, 0.15) is 47.1 Å². The Kier molecular flexibility index (Phi) is 5.23. The number of amides is 3. The van der Waals surface area contributed by atoms with Crippen molar-refractivity contribution in [3.05, 3.63) is 40.4 Å². The standard InChI is InChI=1S/C21H24N4O4S/c1-12-14(3)30-20(22-12)23-18(27)13(2)25-11-10-21(9-8-17(25)26)24-19(28)15-6-4-5-7-16(15)29-21/h4-7,13H,8-11H2,1-3H3,(H,24,28)(H,22,23,27). The number of hydrogen-bond donors (Lipinski definition) is 2. The predicted molar refractivity (Wildman–Crippen MR) is 113 cm³/mol. The molecule has 0 radical (unpaired) electrons. The number of nitrogens with zero attached hydrogens (tertiary/aromatic N) is 2. The van der Waals surface area contributed by atoms with Gasteiger partial charge in [-0.25, -0.2) is 4.98 Å². The van der Waals surface area contributed by atoms with Gasteiger partial charge in [0.25, 0.3) is 5.91 Å². The molecule has 0 aliphatic carbocycles. The molecule has 1 spiro atoms. The largest absolute Gasteiger partial charge is 0.467 e. The van der Waals surface area contributed by atoms with Crippen LogP contribution in [0.4, 0.5) is 5.13 Å². The van der Waals surface area contributed by atoms with E-state index in [0.29, 0.717) is 35.8 Å². The van der Waals surface area contributed by atoms with Gasteiger partial charge >= 0.3 is 0 Å². The van der Waals surface area contributed by atoms with E-state index in [1.54, 1.807) is 30.0 Å². The van der Waals surface area contributed by atoms with Crippen LogP contribution in [0.15, 0.2) is 24.3 Å². The van der Waals surface area contributed by atoms with Crippen LogP contribution in [-0.4, -0.2) is 45.9 Å². The average molecular weight is 429 g/mol. The highest BCUT2D eigenvalue weighted by Crippen LogP contribution is 2.34. The van der Waals surface area contributed by atoms with Crippen molar-refractivity contribution >= 4 is 34.2 Å². The molecule has 2 aromatic rings. The van der Waals surface area contributed by atoms with Gasteiger partial charge in [-0.05, 0) is 32.9 Å². The topological polar surface area (TPSA) is 101 Å². The first-order chi connectivity index (χ1) is 14.3. The Morgan fingerprint density at radius 2 is 2.07 bits per heavy atom. The third-order valence-electron chi connectivity index (χ3n) is 5.70. The molecule has 2 aliphatic rings. The predicted octanol–water partition coefficient (Wildman–Crippen LogP) is 2.62. The number of anilines is 1. The summed E-state index contributed by atoms with van der Waals surface area (Å²) in [6.07, 6.45) is 0.920. The fourth-order valence-electron chi connectivity index (χ4n) is 3.77. The number of likely N-dealkylation sites (tertiary alicyclic amines) is 1. The molecule has 30 heavy (non-hydrogen) atoms. The van der Waals surface area contributed by atoms with Gasteiger partial charge in [0, 0.05) is 30.7 Å². The first kappa shape index (κ1) is 20.3. The number of carbonyl (C=O) groups is 3. The van der Waals surface area contributed by atoms with Crippen LogP contribution in [0.5, 0.6) is 5.75 Å². The molecule has 4 rings (SSSR count). The number of carbonyl (C=O) groups excluding carboxylic acids is 3. The van der Waals surface area contributed by atoms with Crippen molar-refractivity contribution < 1.29 is 19.1 Å². The lowest BCUT2D eigenvalue weighted by molar-refractivity contribution is -0.137. The highest BCUT2D eigenvalue weighted by molar-refractivity contribution is 7.15. The second kappa shape index (κ2) is 7.71. The number of aromatic nitrogens is 1. The fraction of sp³-hybridized carbons (Fsp3) is 0.429. The van der Waals surface area contributed by atoms with Crippen molar-refractivity contribution in [2.24, 2.45) is 0 Å². The van der Waals surface area contributed by atoms with Gasteiger partial charge in [0.2, 0.25) is 11.8 Å². The van der Waals surface area contributed by atoms with E-state index in [2.05, 4.69) is 15.6 Å². The maximum Gasteiger partial charge on any atom is 0.258 e. The smallest absolute Gasteiger partial charge is 0.258 e. The maximum absolute atomic E-state index is 12.8.